The zero-order chi connectivity index (χ0) is 19.3. The van der Waals surface area contributed by atoms with Gasteiger partial charge in [0.25, 0.3) is 0 Å². The Morgan fingerprint density at radius 1 is 1.19 bits per heavy atom. The highest BCUT2D eigenvalue weighted by Crippen LogP contribution is 2.34. The van der Waals surface area contributed by atoms with Crippen LogP contribution in [0, 0.1) is 0 Å². The summed E-state index contributed by atoms with van der Waals surface area (Å²) in [6, 6.07) is 0. The van der Waals surface area contributed by atoms with Crippen LogP contribution in [0.4, 0.5) is 0 Å². The van der Waals surface area contributed by atoms with Crippen molar-refractivity contribution in [3.63, 3.8) is 0 Å². The molecule has 2 saturated heterocycles. The van der Waals surface area contributed by atoms with Crippen LogP contribution in [0.15, 0.2) is 5.38 Å². The van der Waals surface area contributed by atoms with Gasteiger partial charge in [0.15, 0.2) is 0 Å². The molecular weight excluding hydrogens is 360 g/mol. The summed E-state index contributed by atoms with van der Waals surface area (Å²) in [6.45, 7) is 8.64. The highest BCUT2D eigenvalue weighted by molar-refractivity contribution is 7.09. The van der Waals surface area contributed by atoms with Gasteiger partial charge in [-0.15, -0.1) is 11.3 Å². The Morgan fingerprint density at radius 3 is 2.56 bits per heavy atom. The predicted molar refractivity (Wildman–Crippen MR) is 109 cm³/mol. The lowest BCUT2D eigenvalue weighted by atomic mass is 9.88. The number of carbonyl (C=O) groups is 1. The number of likely N-dealkylation sites (N-methyl/N-ethyl adjacent to an activating group) is 1. The highest BCUT2D eigenvalue weighted by atomic mass is 32.1. The number of likely N-dealkylation sites (tertiary alicyclic amines) is 1. The number of hydrogen-bond acceptors (Lipinski definition) is 6. The second kappa shape index (κ2) is 9.45. The number of amides is 1. The molecule has 0 aliphatic carbocycles. The first kappa shape index (κ1) is 20.7. The van der Waals surface area contributed by atoms with E-state index >= 15 is 0 Å². The van der Waals surface area contributed by atoms with Crippen LogP contribution < -0.4 is 0 Å². The van der Waals surface area contributed by atoms with E-state index < -0.39 is 5.60 Å². The molecule has 7 heteroatoms. The molecule has 0 radical (unpaired) electrons. The minimum atomic E-state index is -0.878. The van der Waals surface area contributed by atoms with Crippen molar-refractivity contribution in [3.05, 3.63) is 16.1 Å². The second-order valence-electron chi connectivity index (χ2n) is 8.08. The van der Waals surface area contributed by atoms with Crippen molar-refractivity contribution in [2.45, 2.75) is 57.6 Å². The Bertz CT molecular complexity index is 605. The topological polar surface area (TPSA) is 59.9 Å². The number of rotatable bonds is 7. The molecule has 2 aliphatic heterocycles. The van der Waals surface area contributed by atoms with E-state index in [1.807, 2.05) is 10.3 Å². The summed E-state index contributed by atoms with van der Waals surface area (Å²) >= 11 is 1.65. The van der Waals surface area contributed by atoms with Crippen LogP contribution in [-0.4, -0.2) is 77.0 Å². The molecule has 27 heavy (non-hydrogen) atoms. The lowest BCUT2D eigenvalue weighted by Gasteiger charge is -2.37. The number of aliphatic hydroxyl groups is 1. The minimum Gasteiger partial charge on any atom is -0.383 e. The Balaban J connectivity index is 1.50. The summed E-state index contributed by atoms with van der Waals surface area (Å²) in [5.41, 5.74) is -0.0773. The van der Waals surface area contributed by atoms with Crippen molar-refractivity contribution in [1.82, 2.24) is 19.7 Å². The van der Waals surface area contributed by atoms with Gasteiger partial charge in [0.2, 0.25) is 5.91 Å². The molecule has 0 atom stereocenters. The molecule has 2 aliphatic rings. The first-order valence-corrected chi connectivity index (χ1v) is 11.2. The van der Waals surface area contributed by atoms with Gasteiger partial charge in [0, 0.05) is 51.1 Å². The lowest BCUT2D eigenvalue weighted by molar-refractivity contribution is -0.136. The molecule has 1 aromatic rings. The van der Waals surface area contributed by atoms with E-state index in [1.165, 1.54) is 0 Å². The molecule has 0 aromatic carbocycles. The smallest absolute Gasteiger partial charge is 0.222 e. The summed E-state index contributed by atoms with van der Waals surface area (Å²) < 4.78 is 0. The Kier molecular flexibility index (Phi) is 7.25. The lowest BCUT2D eigenvalue weighted by Crippen LogP contribution is -2.45. The van der Waals surface area contributed by atoms with Crippen molar-refractivity contribution in [3.8, 4) is 0 Å². The molecule has 1 amide bonds. The van der Waals surface area contributed by atoms with Crippen LogP contribution in [0.3, 0.4) is 0 Å². The molecule has 0 bridgehead atoms. The summed E-state index contributed by atoms with van der Waals surface area (Å²) in [5, 5.41) is 14.2. The van der Waals surface area contributed by atoms with Crippen molar-refractivity contribution >= 4 is 17.2 Å². The predicted octanol–water partition coefficient (Wildman–Crippen LogP) is 2.28. The molecule has 0 unspecified atom stereocenters. The van der Waals surface area contributed by atoms with Crippen molar-refractivity contribution in [1.29, 1.82) is 0 Å². The van der Waals surface area contributed by atoms with E-state index in [-0.39, 0.29) is 5.91 Å². The fraction of sp³-hybridized carbons (Fsp3) is 0.800. The summed E-state index contributed by atoms with van der Waals surface area (Å²) in [4.78, 5) is 23.8. The molecule has 0 spiro atoms. The quantitative estimate of drug-likeness (QED) is 0.719. The fourth-order valence-electron chi connectivity index (χ4n) is 3.86. The van der Waals surface area contributed by atoms with Gasteiger partial charge in [-0.2, -0.15) is 0 Å². The molecule has 3 heterocycles. The molecular formula is C20H34N4O2S. The van der Waals surface area contributed by atoms with E-state index in [0.29, 0.717) is 32.4 Å². The van der Waals surface area contributed by atoms with Crippen molar-refractivity contribution in [2.24, 2.45) is 0 Å². The maximum atomic E-state index is 12.3. The SMILES string of the molecule is CCCCCC(=O)N1CCC(O)(c2csc(CN3CCN(C)CC3)n2)CC1. The first-order chi connectivity index (χ1) is 13.0. The minimum absolute atomic E-state index is 0.236. The zero-order valence-electron chi connectivity index (χ0n) is 16.8. The van der Waals surface area contributed by atoms with Gasteiger partial charge in [0.1, 0.15) is 10.6 Å². The van der Waals surface area contributed by atoms with Crippen LogP contribution in [0.25, 0.3) is 0 Å². The van der Waals surface area contributed by atoms with Gasteiger partial charge in [-0.3, -0.25) is 9.69 Å². The maximum absolute atomic E-state index is 12.3. The number of piperazine rings is 1. The number of aromatic nitrogens is 1. The summed E-state index contributed by atoms with van der Waals surface area (Å²) in [6.07, 6.45) is 5.02. The van der Waals surface area contributed by atoms with Gasteiger partial charge in [-0.25, -0.2) is 4.98 Å². The Hall–Kier alpha value is -1.02. The second-order valence-corrected chi connectivity index (χ2v) is 9.02. The third kappa shape index (κ3) is 5.50. The van der Waals surface area contributed by atoms with Gasteiger partial charge in [-0.05, 0) is 26.3 Å². The molecule has 0 saturated carbocycles. The Morgan fingerprint density at radius 2 is 1.89 bits per heavy atom. The van der Waals surface area contributed by atoms with E-state index in [9.17, 15) is 9.90 Å². The Labute approximate surface area is 167 Å². The van der Waals surface area contributed by atoms with Crippen molar-refractivity contribution in [2.75, 3.05) is 46.3 Å². The van der Waals surface area contributed by atoms with Gasteiger partial charge < -0.3 is 14.9 Å². The number of thiazole rings is 1. The number of nitrogens with zero attached hydrogens (tertiary/aromatic N) is 4. The molecule has 6 nitrogen and oxygen atoms in total. The molecule has 2 fully saturated rings. The number of piperidine rings is 1. The van der Waals surface area contributed by atoms with Crippen LogP contribution in [0.1, 0.15) is 56.2 Å². The first-order valence-electron chi connectivity index (χ1n) is 10.4. The monoisotopic (exact) mass is 394 g/mol. The highest BCUT2D eigenvalue weighted by Gasteiger charge is 2.37. The molecule has 3 rings (SSSR count). The van der Waals surface area contributed by atoms with Gasteiger partial charge in [0.05, 0.1) is 12.2 Å². The zero-order valence-corrected chi connectivity index (χ0v) is 17.6. The van der Waals surface area contributed by atoms with Gasteiger partial charge >= 0.3 is 0 Å². The third-order valence-corrected chi connectivity index (χ3v) is 6.75. The average Bonchev–Trinajstić information content (AvgIpc) is 3.14. The molecule has 1 N–H and O–H groups in total. The number of unbranched alkanes of at least 4 members (excludes halogenated alkanes) is 2. The van der Waals surface area contributed by atoms with E-state index in [0.717, 1.165) is 62.7 Å². The normalized spacial score (nSPS) is 21.5. The van der Waals surface area contributed by atoms with Gasteiger partial charge in [-0.1, -0.05) is 19.8 Å². The summed E-state index contributed by atoms with van der Waals surface area (Å²) in [5.74, 6) is 0.236. The third-order valence-electron chi connectivity index (χ3n) is 5.92. The van der Waals surface area contributed by atoms with Crippen LogP contribution in [0.5, 0.6) is 0 Å². The molecule has 152 valence electrons. The number of carbonyl (C=O) groups excluding carboxylic acids is 1. The van der Waals surface area contributed by atoms with E-state index in [1.54, 1.807) is 11.3 Å². The van der Waals surface area contributed by atoms with Crippen LogP contribution in [0.2, 0.25) is 0 Å². The van der Waals surface area contributed by atoms with Crippen molar-refractivity contribution < 1.29 is 9.90 Å². The van der Waals surface area contributed by atoms with E-state index in [4.69, 9.17) is 4.98 Å². The molecule has 1 aromatic heterocycles. The van der Waals surface area contributed by atoms with Crippen LogP contribution in [-0.2, 0) is 16.9 Å². The van der Waals surface area contributed by atoms with Crippen LogP contribution >= 0.6 is 11.3 Å². The largest absolute Gasteiger partial charge is 0.383 e. The standard InChI is InChI=1S/C20H34N4O2S/c1-3-4-5-6-19(25)24-9-7-20(26,8-10-24)17-16-27-18(21-17)15-23-13-11-22(2)12-14-23/h16,26H,3-15H2,1-2H3. The number of hydrogen-bond donors (Lipinski definition) is 1. The van der Waals surface area contributed by atoms with E-state index in [2.05, 4.69) is 23.8 Å². The fourth-order valence-corrected chi connectivity index (χ4v) is 4.79. The maximum Gasteiger partial charge on any atom is 0.222 e. The summed E-state index contributed by atoms with van der Waals surface area (Å²) in [7, 11) is 2.16. The average molecular weight is 395 g/mol.